The SMILES string of the molecule is Cc1ccc(Cl)c(-c2ccc3c(c2)C(=O)CS3(=O)=O)c1. The van der Waals surface area contributed by atoms with E-state index in [-0.39, 0.29) is 16.2 Å². The van der Waals surface area contributed by atoms with Gasteiger partial charge in [0.1, 0.15) is 5.75 Å². The molecule has 0 aromatic heterocycles. The number of rotatable bonds is 1. The third kappa shape index (κ3) is 2.05. The van der Waals surface area contributed by atoms with Crippen LogP contribution in [0.1, 0.15) is 15.9 Å². The molecule has 0 fully saturated rings. The summed E-state index contributed by atoms with van der Waals surface area (Å²) in [7, 11) is -3.45. The van der Waals surface area contributed by atoms with Crippen LogP contribution >= 0.6 is 11.6 Å². The smallest absolute Gasteiger partial charge is 0.186 e. The molecule has 0 atom stereocenters. The van der Waals surface area contributed by atoms with E-state index in [1.54, 1.807) is 18.2 Å². The molecule has 3 rings (SSSR count). The maximum absolute atomic E-state index is 11.8. The van der Waals surface area contributed by atoms with Crippen LogP contribution in [0.15, 0.2) is 41.3 Å². The zero-order valence-corrected chi connectivity index (χ0v) is 12.3. The van der Waals surface area contributed by atoms with Crippen molar-refractivity contribution in [2.24, 2.45) is 0 Å². The van der Waals surface area contributed by atoms with Crippen LogP contribution in [-0.4, -0.2) is 20.0 Å². The second-order valence-electron chi connectivity index (χ2n) is 4.88. The standard InChI is InChI=1S/C15H11ClO3S/c1-9-2-4-13(16)11(6-9)10-3-5-15-12(7-10)14(17)8-20(15,18)19/h2-7H,8H2,1H3. The quantitative estimate of drug-likeness (QED) is 0.812. The van der Waals surface area contributed by atoms with E-state index >= 15 is 0 Å². The summed E-state index contributed by atoms with van der Waals surface area (Å²) in [6.07, 6.45) is 0. The number of sulfone groups is 1. The number of hydrogen-bond acceptors (Lipinski definition) is 3. The number of hydrogen-bond donors (Lipinski definition) is 0. The van der Waals surface area contributed by atoms with E-state index in [2.05, 4.69) is 0 Å². The van der Waals surface area contributed by atoms with Crippen molar-refractivity contribution in [2.75, 3.05) is 5.75 Å². The Morgan fingerprint density at radius 2 is 1.80 bits per heavy atom. The molecule has 1 aliphatic rings. The summed E-state index contributed by atoms with van der Waals surface area (Å²) in [5.41, 5.74) is 2.86. The van der Waals surface area contributed by atoms with Crippen LogP contribution < -0.4 is 0 Å². The molecule has 0 amide bonds. The lowest BCUT2D eigenvalue weighted by Gasteiger charge is -2.07. The first-order valence-electron chi connectivity index (χ1n) is 6.05. The van der Waals surface area contributed by atoms with Gasteiger partial charge in [0.2, 0.25) is 0 Å². The summed E-state index contributed by atoms with van der Waals surface area (Å²) in [5, 5.41) is 0.573. The van der Waals surface area contributed by atoms with Gasteiger partial charge in [0.05, 0.1) is 4.90 Å². The van der Waals surface area contributed by atoms with Gasteiger partial charge in [0, 0.05) is 16.1 Å². The number of carbonyl (C=O) groups is 1. The van der Waals surface area contributed by atoms with Gasteiger partial charge < -0.3 is 0 Å². The lowest BCUT2D eigenvalue weighted by molar-refractivity contribution is 0.102. The maximum atomic E-state index is 11.8. The van der Waals surface area contributed by atoms with Crippen molar-refractivity contribution in [2.45, 2.75) is 11.8 Å². The molecule has 1 heterocycles. The fraction of sp³-hybridized carbons (Fsp3) is 0.133. The number of benzene rings is 2. The zero-order valence-electron chi connectivity index (χ0n) is 10.7. The lowest BCUT2D eigenvalue weighted by atomic mass is 10.0. The van der Waals surface area contributed by atoms with Crippen LogP contribution in [0.5, 0.6) is 0 Å². The van der Waals surface area contributed by atoms with Gasteiger partial charge in [-0.05, 0) is 36.8 Å². The van der Waals surface area contributed by atoms with Gasteiger partial charge in [-0.15, -0.1) is 0 Å². The molecule has 0 saturated heterocycles. The van der Waals surface area contributed by atoms with Crippen molar-refractivity contribution in [1.82, 2.24) is 0 Å². The minimum atomic E-state index is -3.45. The number of halogens is 1. The number of carbonyl (C=O) groups excluding carboxylic acids is 1. The van der Waals surface area contributed by atoms with Crippen molar-refractivity contribution in [3.05, 3.63) is 52.5 Å². The molecule has 0 aliphatic carbocycles. The lowest BCUT2D eigenvalue weighted by Crippen LogP contribution is -2.03. The van der Waals surface area contributed by atoms with Crippen molar-refractivity contribution in [1.29, 1.82) is 0 Å². The molecule has 102 valence electrons. The zero-order chi connectivity index (χ0) is 14.5. The molecular weight excluding hydrogens is 296 g/mol. The number of aryl methyl sites for hydroxylation is 1. The molecule has 5 heteroatoms. The number of Topliss-reactive ketones (excluding diaryl/α,β-unsaturated/α-hetero) is 1. The summed E-state index contributed by atoms with van der Waals surface area (Å²) in [4.78, 5) is 11.9. The monoisotopic (exact) mass is 306 g/mol. The normalized spacial score (nSPS) is 16.2. The van der Waals surface area contributed by atoms with Crippen molar-refractivity contribution >= 4 is 27.2 Å². The molecule has 0 saturated carbocycles. The molecule has 0 N–H and O–H groups in total. The Kier molecular flexibility index (Phi) is 2.96. The second kappa shape index (κ2) is 4.43. The summed E-state index contributed by atoms with van der Waals surface area (Å²) < 4.78 is 23.6. The molecule has 0 spiro atoms. The fourth-order valence-corrected chi connectivity index (χ4v) is 4.04. The largest absolute Gasteiger partial charge is 0.293 e. The van der Waals surface area contributed by atoms with E-state index < -0.39 is 15.6 Å². The first kappa shape index (κ1) is 13.3. The van der Waals surface area contributed by atoms with Gasteiger partial charge in [-0.3, -0.25) is 4.79 Å². The Morgan fingerprint density at radius 1 is 1.05 bits per heavy atom. The highest BCUT2D eigenvalue weighted by molar-refractivity contribution is 7.92. The highest BCUT2D eigenvalue weighted by Crippen LogP contribution is 2.34. The Morgan fingerprint density at radius 3 is 2.55 bits per heavy atom. The predicted molar refractivity (Wildman–Crippen MR) is 78.0 cm³/mol. The van der Waals surface area contributed by atoms with Crippen LogP contribution in [0.3, 0.4) is 0 Å². The van der Waals surface area contributed by atoms with Crippen LogP contribution in [-0.2, 0) is 9.84 Å². The first-order valence-corrected chi connectivity index (χ1v) is 8.08. The minimum absolute atomic E-state index is 0.120. The first-order chi connectivity index (χ1) is 9.38. The van der Waals surface area contributed by atoms with Crippen molar-refractivity contribution in [3.63, 3.8) is 0 Å². The van der Waals surface area contributed by atoms with E-state index in [0.717, 1.165) is 16.7 Å². The summed E-state index contributed by atoms with van der Waals surface area (Å²) >= 11 is 6.17. The highest BCUT2D eigenvalue weighted by atomic mass is 35.5. The molecule has 0 radical (unpaired) electrons. The molecule has 2 aromatic carbocycles. The van der Waals surface area contributed by atoms with E-state index in [4.69, 9.17) is 11.6 Å². The Hall–Kier alpha value is -1.65. The summed E-state index contributed by atoms with van der Waals surface area (Å²) in [5.74, 6) is -0.793. The van der Waals surface area contributed by atoms with Crippen LogP contribution in [0, 0.1) is 6.92 Å². The van der Waals surface area contributed by atoms with E-state index in [1.165, 1.54) is 6.07 Å². The molecule has 2 aromatic rings. The van der Waals surface area contributed by atoms with Gasteiger partial charge in [0.15, 0.2) is 15.6 Å². The molecule has 20 heavy (non-hydrogen) atoms. The van der Waals surface area contributed by atoms with E-state index in [0.29, 0.717) is 5.02 Å². The van der Waals surface area contributed by atoms with Crippen LogP contribution in [0.25, 0.3) is 11.1 Å². The Balaban J connectivity index is 2.22. The van der Waals surface area contributed by atoms with E-state index in [9.17, 15) is 13.2 Å². The van der Waals surface area contributed by atoms with Crippen molar-refractivity contribution < 1.29 is 13.2 Å². The maximum Gasteiger partial charge on any atom is 0.186 e. The average Bonchev–Trinajstić information content (AvgIpc) is 2.62. The predicted octanol–water partition coefficient (Wildman–Crippen LogP) is 3.29. The molecule has 1 aliphatic heterocycles. The van der Waals surface area contributed by atoms with Crippen LogP contribution in [0.4, 0.5) is 0 Å². The molecule has 0 bridgehead atoms. The molecule has 0 unspecified atom stereocenters. The number of ketones is 1. The Bertz CT molecular complexity index is 838. The van der Waals surface area contributed by atoms with Gasteiger partial charge in [0.25, 0.3) is 0 Å². The summed E-state index contributed by atoms with van der Waals surface area (Å²) in [6, 6.07) is 10.4. The fourth-order valence-electron chi connectivity index (χ4n) is 2.38. The number of fused-ring (bicyclic) bond motifs is 1. The highest BCUT2D eigenvalue weighted by Gasteiger charge is 2.33. The van der Waals surface area contributed by atoms with E-state index in [1.807, 2.05) is 19.1 Å². The molecule has 3 nitrogen and oxygen atoms in total. The second-order valence-corrected chi connectivity index (χ2v) is 7.24. The topological polar surface area (TPSA) is 51.2 Å². The minimum Gasteiger partial charge on any atom is -0.293 e. The average molecular weight is 307 g/mol. The van der Waals surface area contributed by atoms with Gasteiger partial charge in [-0.1, -0.05) is 29.3 Å². The van der Waals surface area contributed by atoms with Gasteiger partial charge >= 0.3 is 0 Å². The van der Waals surface area contributed by atoms with Crippen molar-refractivity contribution in [3.8, 4) is 11.1 Å². The Labute approximate surface area is 122 Å². The summed E-state index contributed by atoms with van der Waals surface area (Å²) in [6.45, 7) is 1.95. The van der Waals surface area contributed by atoms with Gasteiger partial charge in [-0.25, -0.2) is 8.42 Å². The third-order valence-electron chi connectivity index (χ3n) is 3.37. The molecular formula is C15H11ClO3S. The third-order valence-corrected chi connectivity index (χ3v) is 5.37. The van der Waals surface area contributed by atoms with Gasteiger partial charge in [-0.2, -0.15) is 0 Å². The van der Waals surface area contributed by atoms with Crippen LogP contribution in [0.2, 0.25) is 5.02 Å².